The highest BCUT2D eigenvalue weighted by Crippen LogP contribution is 2.33. The first-order valence-corrected chi connectivity index (χ1v) is 17.2. The van der Waals surface area contributed by atoms with Crippen molar-refractivity contribution < 1.29 is 31.9 Å². The number of hydrogen-bond acceptors (Lipinski definition) is 9. The van der Waals surface area contributed by atoms with Crippen molar-refractivity contribution in [1.82, 2.24) is 19.9 Å². The minimum atomic E-state index is -3.43. The van der Waals surface area contributed by atoms with Crippen molar-refractivity contribution >= 4 is 33.1 Å². The first-order chi connectivity index (χ1) is 21.2. The van der Waals surface area contributed by atoms with Gasteiger partial charge in [-0.2, -0.15) is 0 Å². The molecule has 4 aromatic rings. The van der Waals surface area contributed by atoms with Crippen molar-refractivity contribution in [2.45, 2.75) is 51.4 Å². The van der Waals surface area contributed by atoms with Crippen LogP contribution in [-0.4, -0.2) is 65.1 Å². The van der Waals surface area contributed by atoms with Crippen molar-refractivity contribution in [2.24, 2.45) is 7.05 Å². The number of aryl methyl sites for hydroxylation is 1. The Hall–Kier alpha value is -3.94. The normalized spacial score (nSPS) is 13.3. The molecule has 0 saturated heterocycles. The number of nitrogens with zero attached hydrogens (tertiary/aromatic N) is 3. The predicted molar refractivity (Wildman–Crippen MR) is 170 cm³/mol. The SMILES string of the molecule is Cn1cncc1CCOC(c1ccc(C(=O)N[C@@H](CCS(C)(=O)=O)C(=O)OC(C)(C)C)c(-c2ccc(F)cc2)c1)c1nccs1. The number of thiazole rings is 1. The highest BCUT2D eigenvalue weighted by Gasteiger charge is 2.29. The van der Waals surface area contributed by atoms with Crippen LogP contribution in [-0.2, 0) is 37.6 Å². The van der Waals surface area contributed by atoms with Crippen LogP contribution < -0.4 is 5.32 Å². The predicted octanol–water partition coefficient (Wildman–Crippen LogP) is 4.91. The van der Waals surface area contributed by atoms with E-state index in [-0.39, 0.29) is 17.7 Å². The van der Waals surface area contributed by atoms with E-state index in [0.717, 1.165) is 11.9 Å². The average Bonchev–Trinajstić information content (AvgIpc) is 3.64. The number of hydrogen-bond donors (Lipinski definition) is 1. The van der Waals surface area contributed by atoms with Crippen LogP contribution in [0.3, 0.4) is 0 Å². The highest BCUT2D eigenvalue weighted by atomic mass is 32.2. The van der Waals surface area contributed by atoms with E-state index < -0.39 is 45.3 Å². The number of aromatic nitrogens is 3. The second-order valence-electron chi connectivity index (χ2n) is 11.7. The van der Waals surface area contributed by atoms with Gasteiger partial charge in [0.1, 0.15) is 38.4 Å². The quantitative estimate of drug-likeness (QED) is 0.201. The van der Waals surface area contributed by atoms with Gasteiger partial charge in [-0.3, -0.25) is 4.79 Å². The van der Waals surface area contributed by atoms with Crippen LogP contribution in [0.4, 0.5) is 4.39 Å². The number of halogens is 1. The van der Waals surface area contributed by atoms with E-state index in [1.807, 2.05) is 17.0 Å². The van der Waals surface area contributed by atoms with E-state index >= 15 is 0 Å². The topological polar surface area (TPSA) is 129 Å². The van der Waals surface area contributed by atoms with Gasteiger partial charge in [0.25, 0.3) is 5.91 Å². The molecular weight excluding hydrogens is 620 g/mol. The summed E-state index contributed by atoms with van der Waals surface area (Å²) in [5.74, 6) is -2.13. The van der Waals surface area contributed by atoms with E-state index in [0.29, 0.717) is 34.7 Å². The lowest BCUT2D eigenvalue weighted by molar-refractivity contribution is -0.157. The van der Waals surface area contributed by atoms with Gasteiger partial charge in [-0.1, -0.05) is 18.2 Å². The lowest BCUT2D eigenvalue weighted by Crippen LogP contribution is -2.45. The molecule has 4 rings (SSSR count). The van der Waals surface area contributed by atoms with Gasteiger partial charge in [0.15, 0.2) is 0 Å². The molecule has 2 aromatic carbocycles. The molecule has 0 radical (unpaired) electrons. The molecule has 2 aromatic heterocycles. The molecule has 0 bridgehead atoms. The van der Waals surface area contributed by atoms with Crippen LogP contribution in [0.15, 0.2) is 66.6 Å². The number of carbonyl (C=O) groups excluding carboxylic acids is 2. The largest absolute Gasteiger partial charge is 0.458 e. The monoisotopic (exact) mass is 656 g/mol. The van der Waals surface area contributed by atoms with Crippen LogP contribution in [0, 0.1) is 5.82 Å². The second kappa shape index (κ2) is 14.4. The van der Waals surface area contributed by atoms with Gasteiger partial charge < -0.3 is 19.4 Å². The Kier molecular flexibility index (Phi) is 10.9. The first kappa shape index (κ1) is 33.9. The molecule has 45 heavy (non-hydrogen) atoms. The summed E-state index contributed by atoms with van der Waals surface area (Å²) in [5, 5.41) is 5.25. The maximum absolute atomic E-state index is 13.9. The summed E-state index contributed by atoms with van der Waals surface area (Å²) < 4.78 is 51.5. The third-order valence-electron chi connectivity index (χ3n) is 6.76. The molecule has 0 fully saturated rings. The minimum absolute atomic E-state index is 0.167. The third kappa shape index (κ3) is 9.77. The zero-order chi connectivity index (χ0) is 32.8. The van der Waals surface area contributed by atoms with Crippen LogP contribution in [0.5, 0.6) is 0 Å². The molecular formula is C32H37FN4O6S2. The molecule has 1 amide bonds. The Morgan fingerprint density at radius 2 is 1.87 bits per heavy atom. The second-order valence-corrected chi connectivity index (χ2v) is 14.8. The van der Waals surface area contributed by atoms with E-state index in [1.54, 1.807) is 69.8 Å². The van der Waals surface area contributed by atoms with Crippen LogP contribution in [0.2, 0.25) is 0 Å². The Morgan fingerprint density at radius 1 is 1.13 bits per heavy atom. The van der Waals surface area contributed by atoms with Gasteiger partial charge in [0.2, 0.25) is 0 Å². The fourth-order valence-electron chi connectivity index (χ4n) is 4.56. The van der Waals surface area contributed by atoms with Gasteiger partial charge in [-0.05, 0) is 68.1 Å². The number of ether oxygens (including phenoxy) is 2. The summed E-state index contributed by atoms with van der Waals surface area (Å²) in [6.45, 7) is 5.42. The van der Waals surface area contributed by atoms with Crippen LogP contribution in [0.1, 0.15) is 59.9 Å². The van der Waals surface area contributed by atoms with Crippen LogP contribution >= 0.6 is 11.3 Å². The number of rotatable bonds is 13. The Bertz CT molecular complexity index is 1710. The number of benzene rings is 2. The highest BCUT2D eigenvalue weighted by molar-refractivity contribution is 7.90. The number of imidazole rings is 1. The molecule has 0 aliphatic heterocycles. The lowest BCUT2D eigenvalue weighted by atomic mass is 9.94. The summed E-state index contributed by atoms with van der Waals surface area (Å²) in [4.78, 5) is 35.4. The Morgan fingerprint density at radius 3 is 2.47 bits per heavy atom. The summed E-state index contributed by atoms with van der Waals surface area (Å²) in [5.41, 5.74) is 2.09. The van der Waals surface area contributed by atoms with Crippen molar-refractivity contribution in [3.05, 3.63) is 94.2 Å². The van der Waals surface area contributed by atoms with Crippen LogP contribution in [0.25, 0.3) is 11.1 Å². The molecule has 1 N–H and O–H groups in total. The molecule has 0 saturated carbocycles. The summed E-state index contributed by atoms with van der Waals surface area (Å²) in [7, 11) is -1.52. The van der Waals surface area contributed by atoms with Crippen molar-refractivity contribution in [3.8, 4) is 11.1 Å². The fourth-order valence-corrected chi connectivity index (χ4v) is 5.94. The van der Waals surface area contributed by atoms with Crippen molar-refractivity contribution in [2.75, 3.05) is 18.6 Å². The molecule has 240 valence electrons. The van der Waals surface area contributed by atoms with E-state index in [9.17, 15) is 22.4 Å². The Labute approximate surface area is 266 Å². The van der Waals surface area contributed by atoms with Gasteiger partial charge in [-0.25, -0.2) is 27.6 Å². The average molecular weight is 657 g/mol. The zero-order valence-corrected chi connectivity index (χ0v) is 27.5. The zero-order valence-electron chi connectivity index (χ0n) is 25.8. The molecule has 0 spiro atoms. The first-order valence-electron chi connectivity index (χ1n) is 14.3. The van der Waals surface area contributed by atoms with Gasteiger partial charge in [0.05, 0.1) is 18.7 Å². The van der Waals surface area contributed by atoms with Crippen molar-refractivity contribution in [1.29, 1.82) is 0 Å². The Balaban J connectivity index is 1.69. The maximum Gasteiger partial charge on any atom is 0.329 e. The maximum atomic E-state index is 13.9. The molecule has 0 aliphatic carbocycles. The number of esters is 1. The fraction of sp³-hybridized carbons (Fsp3) is 0.375. The molecule has 2 heterocycles. The number of sulfone groups is 1. The van der Waals surface area contributed by atoms with E-state index in [2.05, 4.69) is 15.3 Å². The van der Waals surface area contributed by atoms with Gasteiger partial charge in [0, 0.05) is 48.8 Å². The molecule has 2 atom stereocenters. The third-order valence-corrected chi connectivity index (χ3v) is 8.55. The number of amides is 1. The van der Waals surface area contributed by atoms with E-state index in [1.165, 1.54) is 23.5 Å². The van der Waals surface area contributed by atoms with Crippen molar-refractivity contribution in [3.63, 3.8) is 0 Å². The standard InChI is InChI=1S/C32H37FN4O6S2/c1-32(2,3)43-31(39)27(13-17-45(5,40)41)36-29(38)25-11-8-22(18-26(25)21-6-9-23(33)10-7-21)28(30-35-14-16-44-30)42-15-12-24-19-34-20-37(24)4/h6-11,14,16,18-20,27-28H,12-13,15,17H2,1-5H3,(H,36,38)/t27-,28?/m0/s1. The molecule has 1 unspecified atom stereocenters. The molecule has 0 aliphatic rings. The summed E-state index contributed by atoms with van der Waals surface area (Å²) in [6.07, 6.45) is 6.14. The number of nitrogens with one attached hydrogen (secondary N) is 1. The minimum Gasteiger partial charge on any atom is -0.458 e. The lowest BCUT2D eigenvalue weighted by Gasteiger charge is -2.25. The summed E-state index contributed by atoms with van der Waals surface area (Å²) >= 11 is 1.43. The summed E-state index contributed by atoms with van der Waals surface area (Å²) in [6, 6.07) is 9.63. The molecule has 13 heteroatoms. The van der Waals surface area contributed by atoms with E-state index in [4.69, 9.17) is 9.47 Å². The molecule has 10 nitrogen and oxygen atoms in total. The smallest absolute Gasteiger partial charge is 0.329 e. The van der Waals surface area contributed by atoms with Gasteiger partial charge in [-0.15, -0.1) is 11.3 Å². The number of carbonyl (C=O) groups is 2. The van der Waals surface area contributed by atoms with Gasteiger partial charge >= 0.3 is 5.97 Å².